The van der Waals surface area contributed by atoms with Gasteiger partial charge in [-0.3, -0.25) is 0 Å². The number of methoxy groups -OCH3 is 1. The molecule has 1 fully saturated rings. The molecule has 1 heterocycles. The molecule has 6 nitrogen and oxygen atoms in total. The van der Waals surface area contributed by atoms with Gasteiger partial charge in [-0.05, 0) is 59.7 Å². The van der Waals surface area contributed by atoms with Crippen LogP contribution in [0.1, 0.15) is 17.5 Å². The van der Waals surface area contributed by atoms with Gasteiger partial charge >= 0.3 is 0 Å². The molecule has 1 aliphatic rings. The standard InChI is InChI=1S/C29H34Cl2N2O4/c1-34-26-8-3-22(4-9-26)19-36-21-25-18-32-13-14-33(25)24-6-10-27(11-7-24)37-16-2-15-35-20-23-5-12-28(30)29(31)17-23/h3-12,17,25,32H,2,13-16,18-21H2,1H3/t25-/m1/s1. The molecule has 0 radical (unpaired) electrons. The number of hydrogen-bond donors (Lipinski definition) is 1. The van der Waals surface area contributed by atoms with Gasteiger partial charge in [-0.1, -0.05) is 41.4 Å². The monoisotopic (exact) mass is 544 g/mol. The summed E-state index contributed by atoms with van der Waals surface area (Å²) in [5, 5.41) is 4.58. The SMILES string of the molecule is COc1ccc(COC[C@H]2CNCCN2c2ccc(OCCCOCc3ccc(Cl)c(Cl)c3)cc2)cc1. The lowest BCUT2D eigenvalue weighted by atomic mass is 10.1. The Labute approximate surface area is 229 Å². The van der Waals surface area contributed by atoms with Crippen molar-refractivity contribution < 1.29 is 18.9 Å². The third-order valence-electron chi connectivity index (χ3n) is 6.21. The lowest BCUT2D eigenvalue weighted by Crippen LogP contribution is -2.53. The number of rotatable bonds is 13. The molecule has 1 N–H and O–H groups in total. The number of nitrogens with zero attached hydrogens (tertiary/aromatic N) is 1. The zero-order valence-electron chi connectivity index (χ0n) is 21.1. The van der Waals surface area contributed by atoms with Crippen LogP contribution in [0.2, 0.25) is 10.0 Å². The average Bonchev–Trinajstić information content (AvgIpc) is 2.93. The molecular weight excluding hydrogens is 511 g/mol. The predicted octanol–water partition coefficient (Wildman–Crippen LogP) is 5.98. The van der Waals surface area contributed by atoms with E-state index in [2.05, 4.69) is 22.3 Å². The summed E-state index contributed by atoms with van der Waals surface area (Å²) in [4.78, 5) is 2.41. The summed E-state index contributed by atoms with van der Waals surface area (Å²) >= 11 is 12.0. The maximum atomic E-state index is 6.06. The normalized spacial score (nSPS) is 15.5. The van der Waals surface area contributed by atoms with Gasteiger partial charge in [0.25, 0.3) is 0 Å². The van der Waals surface area contributed by atoms with E-state index in [0.717, 1.165) is 48.7 Å². The second-order valence-electron chi connectivity index (χ2n) is 8.91. The summed E-state index contributed by atoms with van der Waals surface area (Å²) in [6.07, 6.45) is 0.800. The van der Waals surface area contributed by atoms with Gasteiger partial charge in [-0.25, -0.2) is 0 Å². The van der Waals surface area contributed by atoms with Crippen LogP contribution in [0.4, 0.5) is 5.69 Å². The van der Waals surface area contributed by atoms with Crippen LogP contribution in [0.5, 0.6) is 11.5 Å². The van der Waals surface area contributed by atoms with E-state index in [1.165, 1.54) is 5.69 Å². The van der Waals surface area contributed by atoms with E-state index in [-0.39, 0.29) is 6.04 Å². The zero-order chi connectivity index (χ0) is 25.9. The number of anilines is 1. The molecule has 0 aliphatic carbocycles. The number of piperazine rings is 1. The molecule has 3 aromatic carbocycles. The van der Waals surface area contributed by atoms with E-state index in [9.17, 15) is 0 Å². The van der Waals surface area contributed by atoms with Crippen molar-refractivity contribution in [3.63, 3.8) is 0 Å². The number of ether oxygens (including phenoxy) is 4. The van der Waals surface area contributed by atoms with Crippen molar-refractivity contribution >= 4 is 28.9 Å². The van der Waals surface area contributed by atoms with Crippen LogP contribution < -0.4 is 19.7 Å². The largest absolute Gasteiger partial charge is 0.497 e. The van der Waals surface area contributed by atoms with Crippen LogP contribution in [0.25, 0.3) is 0 Å². The van der Waals surface area contributed by atoms with Crippen molar-refractivity contribution in [2.45, 2.75) is 25.7 Å². The minimum absolute atomic E-state index is 0.270. The second kappa shape index (κ2) is 14.5. The Kier molecular flexibility index (Phi) is 10.8. The van der Waals surface area contributed by atoms with Gasteiger partial charge in [0, 0.05) is 31.7 Å². The van der Waals surface area contributed by atoms with Gasteiger partial charge in [0.1, 0.15) is 11.5 Å². The molecule has 0 aromatic heterocycles. The maximum absolute atomic E-state index is 6.06. The van der Waals surface area contributed by atoms with Crippen molar-refractivity contribution in [1.82, 2.24) is 5.32 Å². The summed E-state index contributed by atoms with van der Waals surface area (Å²) in [7, 11) is 1.67. The molecule has 8 heteroatoms. The highest BCUT2D eigenvalue weighted by Gasteiger charge is 2.22. The van der Waals surface area contributed by atoms with Gasteiger partial charge in [0.2, 0.25) is 0 Å². The Morgan fingerprint density at radius 3 is 2.32 bits per heavy atom. The Morgan fingerprint density at radius 1 is 0.838 bits per heavy atom. The third kappa shape index (κ3) is 8.52. The minimum Gasteiger partial charge on any atom is -0.497 e. The molecule has 1 atom stereocenters. The lowest BCUT2D eigenvalue weighted by Gasteiger charge is -2.38. The van der Waals surface area contributed by atoms with Crippen LogP contribution >= 0.6 is 23.2 Å². The molecule has 0 saturated carbocycles. The topological polar surface area (TPSA) is 52.2 Å². The predicted molar refractivity (Wildman–Crippen MR) is 149 cm³/mol. The molecular formula is C29H34Cl2N2O4. The fraction of sp³-hybridized carbons (Fsp3) is 0.379. The van der Waals surface area contributed by atoms with E-state index in [1.807, 2.05) is 48.5 Å². The Bertz CT molecular complexity index is 1100. The van der Waals surface area contributed by atoms with E-state index in [4.69, 9.17) is 42.1 Å². The molecule has 37 heavy (non-hydrogen) atoms. The fourth-order valence-corrected chi connectivity index (χ4v) is 4.51. The van der Waals surface area contributed by atoms with E-state index in [1.54, 1.807) is 13.2 Å². The molecule has 0 bridgehead atoms. The van der Waals surface area contributed by atoms with Crippen LogP contribution in [0.15, 0.2) is 66.7 Å². The van der Waals surface area contributed by atoms with Crippen molar-refractivity contribution in [3.05, 3.63) is 87.9 Å². The molecule has 198 valence electrons. The first-order chi connectivity index (χ1) is 18.1. The quantitative estimate of drug-likeness (QED) is 0.267. The van der Waals surface area contributed by atoms with Gasteiger partial charge in [-0.2, -0.15) is 0 Å². The van der Waals surface area contributed by atoms with Crippen molar-refractivity contribution in [1.29, 1.82) is 0 Å². The van der Waals surface area contributed by atoms with E-state index >= 15 is 0 Å². The molecule has 3 aromatic rings. The molecule has 0 amide bonds. The van der Waals surface area contributed by atoms with Gasteiger partial charge < -0.3 is 29.2 Å². The number of hydrogen-bond acceptors (Lipinski definition) is 6. The maximum Gasteiger partial charge on any atom is 0.119 e. The van der Waals surface area contributed by atoms with Crippen molar-refractivity contribution in [3.8, 4) is 11.5 Å². The van der Waals surface area contributed by atoms with Crippen molar-refractivity contribution in [2.24, 2.45) is 0 Å². The first-order valence-corrected chi connectivity index (χ1v) is 13.3. The first kappa shape index (κ1) is 27.6. The van der Waals surface area contributed by atoms with Gasteiger partial charge in [0.15, 0.2) is 0 Å². The Morgan fingerprint density at radius 2 is 1.57 bits per heavy atom. The highest BCUT2D eigenvalue weighted by atomic mass is 35.5. The number of halogens is 2. The van der Waals surface area contributed by atoms with Gasteiger partial charge in [0.05, 0.1) is 56.2 Å². The summed E-state index contributed by atoms with van der Waals surface area (Å²) in [5.41, 5.74) is 3.32. The van der Waals surface area contributed by atoms with E-state index in [0.29, 0.717) is 43.1 Å². The van der Waals surface area contributed by atoms with E-state index < -0.39 is 0 Å². The molecule has 0 spiro atoms. The van der Waals surface area contributed by atoms with Crippen LogP contribution in [-0.2, 0) is 22.7 Å². The van der Waals surface area contributed by atoms with Crippen LogP contribution in [-0.4, -0.2) is 52.6 Å². The Balaban J connectivity index is 1.17. The van der Waals surface area contributed by atoms with Gasteiger partial charge in [-0.15, -0.1) is 0 Å². The Hall–Kier alpha value is -2.48. The highest BCUT2D eigenvalue weighted by molar-refractivity contribution is 6.42. The molecule has 1 saturated heterocycles. The summed E-state index contributed by atoms with van der Waals surface area (Å²) in [6, 6.07) is 22.1. The first-order valence-electron chi connectivity index (χ1n) is 12.5. The molecule has 0 unspecified atom stereocenters. The summed E-state index contributed by atoms with van der Waals surface area (Å²) < 4.78 is 22.9. The second-order valence-corrected chi connectivity index (χ2v) is 9.73. The molecule has 4 rings (SSSR count). The molecule has 1 aliphatic heterocycles. The van der Waals surface area contributed by atoms with Crippen LogP contribution in [0.3, 0.4) is 0 Å². The smallest absolute Gasteiger partial charge is 0.119 e. The number of nitrogens with one attached hydrogen (secondary N) is 1. The highest BCUT2D eigenvalue weighted by Crippen LogP contribution is 2.24. The van der Waals surface area contributed by atoms with Crippen LogP contribution in [0, 0.1) is 0 Å². The third-order valence-corrected chi connectivity index (χ3v) is 6.95. The number of benzene rings is 3. The summed E-state index contributed by atoms with van der Waals surface area (Å²) in [6.45, 7) is 5.72. The zero-order valence-corrected chi connectivity index (χ0v) is 22.6. The van der Waals surface area contributed by atoms with Crippen molar-refractivity contribution in [2.75, 3.05) is 51.5 Å². The average molecular weight is 546 g/mol. The summed E-state index contributed by atoms with van der Waals surface area (Å²) in [5.74, 6) is 1.71. The lowest BCUT2D eigenvalue weighted by molar-refractivity contribution is 0.102. The fourth-order valence-electron chi connectivity index (χ4n) is 4.19. The minimum atomic E-state index is 0.270.